The number of nitrogens with zero attached hydrogens (tertiary/aromatic N) is 2. The second-order valence-electron chi connectivity index (χ2n) is 9.07. The Morgan fingerprint density at radius 2 is 1.53 bits per heavy atom. The smallest absolute Gasteiger partial charge is 0.239 e. The van der Waals surface area contributed by atoms with Crippen LogP contribution >= 0.6 is 0 Å². The second kappa shape index (κ2) is 6.39. The number of hydrogen-bond donors (Lipinski definition) is 1. The maximum absolute atomic E-state index is 14.0. The molecule has 0 unspecified atom stereocenters. The summed E-state index contributed by atoms with van der Waals surface area (Å²) in [5, 5.41) is 13.2. The van der Waals surface area contributed by atoms with E-state index >= 15 is 0 Å². The minimum absolute atomic E-state index is 0.184. The third kappa shape index (κ3) is 2.11. The first-order valence-corrected chi connectivity index (χ1v) is 10.8. The van der Waals surface area contributed by atoms with Crippen molar-refractivity contribution in [1.29, 1.82) is 0 Å². The van der Waals surface area contributed by atoms with Gasteiger partial charge in [0.15, 0.2) is 0 Å². The van der Waals surface area contributed by atoms with Gasteiger partial charge >= 0.3 is 0 Å². The average molecular weight is 422 g/mol. The quantitative estimate of drug-likeness (QED) is 0.290. The molecule has 1 N–H and O–H groups in total. The van der Waals surface area contributed by atoms with Crippen LogP contribution < -0.4 is 4.90 Å². The van der Waals surface area contributed by atoms with Crippen molar-refractivity contribution < 1.29 is 14.8 Å². The summed E-state index contributed by atoms with van der Waals surface area (Å²) in [5.41, 5.74) is 5.51. The maximum Gasteiger partial charge on any atom is 0.239 e. The zero-order valence-electron chi connectivity index (χ0n) is 17.8. The number of aryl methyl sites for hydroxylation is 2. The fourth-order valence-electron chi connectivity index (χ4n) is 6.43. The number of hydrogen-bond acceptors (Lipinski definition) is 4. The minimum Gasteiger partial charge on any atom is -0.411 e. The first-order valence-electron chi connectivity index (χ1n) is 10.8. The number of oxime groups is 1. The second-order valence-corrected chi connectivity index (χ2v) is 9.07. The predicted octanol–water partition coefficient (Wildman–Crippen LogP) is 4.31. The Labute approximate surface area is 186 Å². The van der Waals surface area contributed by atoms with Crippen molar-refractivity contribution >= 4 is 23.7 Å². The van der Waals surface area contributed by atoms with E-state index in [9.17, 15) is 14.8 Å². The fraction of sp³-hybridized carbons (Fsp3) is 0.222. The average Bonchev–Trinajstić information content (AvgIpc) is 3.06. The summed E-state index contributed by atoms with van der Waals surface area (Å²) in [6, 6.07) is 21.6. The molecule has 3 aromatic rings. The van der Waals surface area contributed by atoms with Crippen LogP contribution in [0, 0.1) is 25.7 Å². The largest absolute Gasteiger partial charge is 0.411 e. The summed E-state index contributed by atoms with van der Waals surface area (Å²) in [6.45, 7) is 3.91. The molecular formula is C27H22N2O3. The van der Waals surface area contributed by atoms with Gasteiger partial charge in [-0.2, -0.15) is 0 Å². The molecule has 0 aromatic heterocycles. The molecule has 158 valence electrons. The van der Waals surface area contributed by atoms with E-state index in [0.29, 0.717) is 5.69 Å². The number of rotatable bonds is 2. The first kappa shape index (κ1) is 19.0. The predicted molar refractivity (Wildman–Crippen MR) is 121 cm³/mol. The zero-order chi connectivity index (χ0) is 22.2. The Morgan fingerprint density at radius 3 is 2.12 bits per heavy atom. The SMILES string of the molecule is Cc1ccc(N2C(=O)[C@@H]3C4c5ccccc5C(/C=N\O)(c5ccccc54)[C@H]3C2=O)c(C)c1. The van der Waals surface area contributed by atoms with Gasteiger partial charge in [0, 0.05) is 5.92 Å². The molecule has 0 saturated carbocycles. The van der Waals surface area contributed by atoms with Gasteiger partial charge in [-0.3, -0.25) is 9.59 Å². The zero-order valence-corrected chi connectivity index (χ0v) is 17.8. The molecule has 1 aliphatic heterocycles. The lowest BCUT2D eigenvalue weighted by Gasteiger charge is -2.52. The number of anilines is 1. The van der Waals surface area contributed by atoms with Crippen molar-refractivity contribution in [3.05, 3.63) is 100 Å². The van der Waals surface area contributed by atoms with E-state index in [1.165, 1.54) is 11.1 Å². The monoisotopic (exact) mass is 422 g/mol. The normalized spacial score (nSPS) is 27.6. The maximum atomic E-state index is 14.0. The lowest BCUT2D eigenvalue weighted by molar-refractivity contribution is -0.122. The number of carbonyl (C=O) groups is 2. The van der Waals surface area contributed by atoms with Gasteiger partial charge in [0.2, 0.25) is 11.8 Å². The van der Waals surface area contributed by atoms with E-state index < -0.39 is 17.3 Å². The highest BCUT2D eigenvalue weighted by Crippen LogP contribution is 2.63. The molecule has 4 aliphatic rings. The van der Waals surface area contributed by atoms with Crippen molar-refractivity contribution in [3.63, 3.8) is 0 Å². The van der Waals surface area contributed by atoms with E-state index in [1.54, 1.807) is 0 Å². The Balaban J connectivity index is 1.66. The molecule has 2 atom stereocenters. The molecule has 7 rings (SSSR count). The molecule has 1 heterocycles. The van der Waals surface area contributed by atoms with Crippen LogP contribution in [0.15, 0.2) is 71.9 Å². The molecule has 3 aliphatic carbocycles. The third-order valence-corrected chi connectivity index (χ3v) is 7.54. The van der Waals surface area contributed by atoms with Crippen LogP contribution in [-0.2, 0) is 15.0 Å². The molecule has 3 aromatic carbocycles. The molecule has 32 heavy (non-hydrogen) atoms. The standard InChI is InChI=1S/C27H22N2O3/c1-15-11-12-21(16(2)13-15)29-25(30)23-22-17-7-3-5-9-19(17)27(14-28-32,24(23)26(29)31)20-10-6-4-8-18(20)22/h3-14,22-24,32H,1-2H3/b28-14-/t22?,23-,24-,27?/m1/s1. The van der Waals surface area contributed by atoms with Crippen molar-refractivity contribution in [2.24, 2.45) is 17.0 Å². The molecule has 2 bridgehead atoms. The van der Waals surface area contributed by atoms with Gasteiger partial charge in [0.1, 0.15) is 0 Å². The van der Waals surface area contributed by atoms with Gasteiger partial charge < -0.3 is 5.21 Å². The Bertz CT molecular complexity index is 1290. The highest BCUT2D eigenvalue weighted by atomic mass is 16.4. The van der Waals surface area contributed by atoms with E-state index in [0.717, 1.165) is 33.4 Å². The minimum atomic E-state index is -0.999. The number of carbonyl (C=O) groups excluding carboxylic acids is 2. The van der Waals surface area contributed by atoms with E-state index in [-0.39, 0.29) is 17.7 Å². The van der Waals surface area contributed by atoms with Crippen LogP contribution in [0.3, 0.4) is 0 Å². The topological polar surface area (TPSA) is 70.0 Å². The van der Waals surface area contributed by atoms with Crippen molar-refractivity contribution in [1.82, 2.24) is 0 Å². The first-order chi connectivity index (χ1) is 15.5. The third-order valence-electron chi connectivity index (χ3n) is 7.54. The van der Waals surface area contributed by atoms with E-state index in [1.807, 2.05) is 80.6 Å². The van der Waals surface area contributed by atoms with Crippen LogP contribution in [0.25, 0.3) is 0 Å². The molecule has 1 fully saturated rings. The van der Waals surface area contributed by atoms with Gasteiger partial charge in [-0.1, -0.05) is 66.2 Å². The van der Waals surface area contributed by atoms with Crippen molar-refractivity contribution in [3.8, 4) is 0 Å². The lowest BCUT2D eigenvalue weighted by Crippen LogP contribution is -2.54. The van der Waals surface area contributed by atoms with Gasteiger partial charge in [-0.15, -0.1) is 5.16 Å². The summed E-state index contributed by atoms with van der Waals surface area (Å²) < 4.78 is 0. The number of imide groups is 1. The molecule has 5 nitrogen and oxygen atoms in total. The van der Waals surface area contributed by atoms with Crippen LogP contribution in [0.1, 0.15) is 39.3 Å². The van der Waals surface area contributed by atoms with E-state index in [2.05, 4.69) is 5.16 Å². The molecular weight excluding hydrogens is 400 g/mol. The highest BCUT2D eigenvalue weighted by molar-refractivity contribution is 6.25. The molecule has 5 heteroatoms. The van der Waals surface area contributed by atoms with Crippen LogP contribution in [0.4, 0.5) is 5.69 Å². The Hall–Kier alpha value is -3.73. The summed E-state index contributed by atoms with van der Waals surface area (Å²) in [6.07, 6.45) is 1.47. The molecule has 0 spiro atoms. The van der Waals surface area contributed by atoms with Crippen molar-refractivity contribution in [2.45, 2.75) is 25.2 Å². The van der Waals surface area contributed by atoms with Crippen molar-refractivity contribution in [2.75, 3.05) is 4.90 Å². The van der Waals surface area contributed by atoms with Gasteiger partial charge in [-0.25, -0.2) is 4.90 Å². The summed E-state index contributed by atoms with van der Waals surface area (Å²) in [7, 11) is 0. The van der Waals surface area contributed by atoms with Gasteiger partial charge in [-0.05, 0) is 47.7 Å². The summed E-state index contributed by atoms with van der Waals surface area (Å²) in [4.78, 5) is 29.4. The summed E-state index contributed by atoms with van der Waals surface area (Å²) in [5.74, 6) is -1.85. The summed E-state index contributed by atoms with van der Waals surface area (Å²) >= 11 is 0. The van der Waals surface area contributed by atoms with Gasteiger partial charge in [0.05, 0.1) is 29.2 Å². The van der Waals surface area contributed by atoms with Gasteiger partial charge in [0.25, 0.3) is 0 Å². The Morgan fingerprint density at radius 1 is 0.906 bits per heavy atom. The molecule has 0 radical (unpaired) electrons. The van der Waals surface area contributed by atoms with Crippen LogP contribution in [0.2, 0.25) is 0 Å². The highest BCUT2D eigenvalue weighted by Gasteiger charge is 2.68. The number of benzene rings is 3. The number of amides is 2. The lowest BCUT2D eigenvalue weighted by atomic mass is 9.47. The van der Waals surface area contributed by atoms with E-state index in [4.69, 9.17) is 0 Å². The van der Waals surface area contributed by atoms with Crippen LogP contribution in [0.5, 0.6) is 0 Å². The molecule has 1 saturated heterocycles. The Kier molecular flexibility index (Phi) is 3.79. The van der Waals surface area contributed by atoms with Crippen LogP contribution in [-0.4, -0.2) is 23.2 Å². The fourth-order valence-corrected chi connectivity index (χ4v) is 6.43. The molecule has 2 amide bonds.